The Labute approximate surface area is 197 Å². The standard InChI is InChI=1S/C22H17BrFN3O5S/c23-17-9-13-3-1-6-21(28)26-19(13)11-20(17)33(30,31)27-22(29)18-8-7-16(12-25-18)32-15-5-2-4-14(24)10-15/h2,4-5,7-12H,1,3,6H2,(H,26,28)(H,27,29). The summed E-state index contributed by atoms with van der Waals surface area (Å²) in [6.07, 6.45) is 2.84. The number of nitrogens with zero attached hydrogens (tertiary/aromatic N) is 1. The second-order valence-electron chi connectivity index (χ2n) is 7.21. The Kier molecular flexibility index (Phi) is 6.43. The minimum absolute atomic E-state index is 0.163. The van der Waals surface area contributed by atoms with Crippen LogP contribution in [0.2, 0.25) is 0 Å². The number of amides is 2. The lowest BCUT2D eigenvalue weighted by Gasteiger charge is -2.13. The van der Waals surface area contributed by atoms with E-state index in [2.05, 4.69) is 26.2 Å². The molecule has 8 nitrogen and oxygen atoms in total. The maximum Gasteiger partial charge on any atom is 0.283 e. The molecule has 3 aromatic rings. The average Bonchev–Trinajstić information content (AvgIpc) is 2.93. The third-order valence-corrected chi connectivity index (χ3v) is 7.09. The van der Waals surface area contributed by atoms with Crippen LogP contribution in [-0.4, -0.2) is 25.2 Å². The van der Waals surface area contributed by atoms with Gasteiger partial charge in [0.05, 0.1) is 6.20 Å². The summed E-state index contributed by atoms with van der Waals surface area (Å²) in [4.78, 5) is 28.1. The third kappa shape index (κ3) is 5.37. The van der Waals surface area contributed by atoms with Crippen molar-refractivity contribution >= 4 is 43.5 Å². The van der Waals surface area contributed by atoms with Gasteiger partial charge in [-0.1, -0.05) is 6.07 Å². The fourth-order valence-electron chi connectivity index (χ4n) is 3.25. The predicted octanol–water partition coefficient (Wildman–Crippen LogP) is 4.17. The van der Waals surface area contributed by atoms with Crippen LogP contribution in [0.3, 0.4) is 0 Å². The van der Waals surface area contributed by atoms with E-state index < -0.39 is 21.7 Å². The summed E-state index contributed by atoms with van der Waals surface area (Å²) in [7, 11) is -4.28. The maximum absolute atomic E-state index is 13.3. The van der Waals surface area contributed by atoms with Gasteiger partial charge in [-0.3, -0.25) is 9.59 Å². The number of fused-ring (bicyclic) bond motifs is 1. The van der Waals surface area contributed by atoms with Gasteiger partial charge in [-0.25, -0.2) is 22.5 Å². The molecule has 0 spiro atoms. The Morgan fingerprint density at radius 1 is 1.12 bits per heavy atom. The van der Waals surface area contributed by atoms with Gasteiger partial charge < -0.3 is 10.1 Å². The highest BCUT2D eigenvalue weighted by atomic mass is 79.9. The molecule has 1 aliphatic heterocycles. The fourth-order valence-corrected chi connectivity index (χ4v) is 5.32. The van der Waals surface area contributed by atoms with Gasteiger partial charge in [0.15, 0.2) is 0 Å². The van der Waals surface area contributed by atoms with E-state index in [0.29, 0.717) is 24.9 Å². The number of sulfonamides is 1. The molecule has 2 N–H and O–H groups in total. The quantitative estimate of drug-likeness (QED) is 0.508. The molecule has 0 unspecified atom stereocenters. The van der Waals surface area contributed by atoms with E-state index in [4.69, 9.17) is 4.74 Å². The number of aryl methyl sites for hydroxylation is 1. The fraction of sp³-hybridized carbons (Fsp3) is 0.136. The van der Waals surface area contributed by atoms with E-state index in [1.807, 2.05) is 4.72 Å². The van der Waals surface area contributed by atoms with Crippen molar-refractivity contribution < 1.29 is 27.1 Å². The molecular formula is C22H17BrFN3O5S. The van der Waals surface area contributed by atoms with E-state index in [9.17, 15) is 22.4 Å². The van der Waals surface area contributed by atoms with Crippen LogP contribution in [0.5, 0.6) is 11.5 Å². The lowest BCUT2D eigenvalue weighted by Crippen LogP contribution is -2.31. The van der Waals surface area contributed by atoms with Gasteiger partial charge in [-0.15, -0.1) is 0 Å². The van der Waals surface area contributed by atoms with Crippen LogP contribution in [0.25, 0.3) is 0 Å². The number of carbonyl (C=O) groups excluding carboxylic acids is 2. The van der Waals surface area contributed by atoms with Gasteiger partial charge in [0.25, 0.3) is 15.9 Å². The highest BCUT2D eigenvalue weighted by Crippen LogP contribution is 2.32. The largest absolute Gasteiger partial charge is 0.456 e. The number of rotatable bonds is 5. The molecule has 0 saturated carbocycles. The van der Waals surface area contributed by atoms with Gasteiger partial charge in [0.1, 0.15) is 27.9 Å². The summed E-state index contributed by atoms with van der Waals surface area (Å²) in [6, 6.07) is 11.1. The first kappa shape index (κ1) is 22.9. The van der Waals surface area contributed by atoms with E-state index >= 15 is 0 Å². The van der Waals surface area contributed by atoms with E-state index in [0.717, 1.165) is 5.56 Å². The molecule has 0 aliphatic carbocycles. The highest BCUT2D eigenvalue weighted by Gasteiger charge is 2.25. The Morgan fingerprint density at radius 2 is 1.94 bits per heavy atom. The Balaban J connectivity index is 1.51. The zero-order chi connectivity index (χ0) is 23.6. The van der Waals surface area contributed by atoms with Crippen LogP contribution in [0.1, 0.15) is 28.9 Å². The smallest absolute Gasteiger partial charge is 0.283 e. The van der Waals surface area contributed by atoms with Crippen LogP contribution in [0, 0.1) is 5.82 Å². The van der Waals surface area contributed by atoms with Crippen LogP contribution < -0.4 is 14.8 Å². The minimum atomic E-state index is -4.28. The lowest BCUT2D eigenvalue weighted by atomic mass is 10.1. The van der Waals surface area contributed by atoms with E-state index in [1.165, 1.54) is 42.6 Å². The molecule has 0 radical (unpaired) electrons. The number of hydrogen-bond acceptors (Lipinski definition) is 6. The predicted molar refractivity (Wildman–Crippen MR) is 121 cm³/mol. The maximum atomic E-state index is 13.3. The number of hydrogen-bond donors (Lipinski definition) is 2. The zero-order valence-corrected chi connectivity index (χ0v) is 19.4. The summed E-state index contributed by atoms with van der Waals surface area (Å²) in [5.74, 6) is -1.13. The summed E-state index contributed by atoms with van der Waals surface area (Å²) in [5, 5.41) is 2.69. The summed E-state index contributed by atoms with van der Waals surface area (Å²) >= 11 is 3.24. The molecule has 0 atom stereocenters. The van der Waals surface area contributed by atoms with Gasteiger partial charge in [0.2, 0.25) is 5.91 Å². The molecule has 0 saturated heterocycles. The zero-order valence-electron chi connectivity index (χ0n) is 17.0. The number of aromatic nitrogens is 1. The minimum Gasteiger partial charge on any atom is -0.456 e. The van der Waals surface area contributed by atoms with Crippen molar-refractivity contribution in [2.24, 2.45) is 0 Å². The third-order valence-electron chi connectivity index (χ3n) is 4.80. The van der Waals surface area contributed by atoms with Crippen LogP contribution in [-0.2, 0) is 21.2 Å². The van der Waals surface area contributed by atoms with Crippen molar-refractivity contribution in [3.8, 4) is 11.5 Å². The molecule has 1 aliphatic rings. The van der Waals surface area contributed by atoms with Gasteiger partial charge >= 0.3 is 0 Å². The van der Waals surface area contributed by atoms with Crippen molar-refractivity contribution in [2.75, 3.05) is 5.32 Å². The highest BCUT2D eigenvalue weighted by molar-refractivity contribution is 9.10. The summed E-state index contributed by atoms with van der Waals surface area (Å²) < 4.78 is 46.7. The molecule has 33 heavy (non-hydrogen) atoms. The molecule has 2 amide bonds. The summed E-state index contributed by atoms with van der Waals surface area (Å²) in [5.41, 5.74) is 1.03. The first-order valence-corrected chi connectivity index (χ1v) is 12.1. The van der Waals surface area contributed by atoms with Crippen molar-refractivity contribution in [2.45, 2.75) is 24.2 Å². The SMILES string of the molecule is O=C1CCCc2cc(Br)c(S(=O)(=O)NC(=O)c3ccc(Oc4cccc(F)c4)cn3)cc2N1. The molecule has 0 bridgehead atoms. The molecule has 1 aromatic heterocycles. The summed E-state index contributed by atoms with van der Waals surface area (Å²) in [6.45, 7) is 0. The van der Waals surface area contributed by atoms with Gasteiger partial charge in [0, 0.05) is 22.6 Å². The van der Waals surface area contributed by atoms with Crippen LogP contribution in [0.15, 0.2) is 64.1 Å². The van der Waals surface area contributed by atoms with Crippen molar-refractivity contribution in [1.29, 1.82) is 0 Å². The number of benzene rings is 2. The van der Waals surface area contributed by atoms with E-state index in [-0.39, 0.29) is 32.5 Å². The van der Waals surface area contributed by atoms with Gasteiger partial charge in [-0.2, -0.15) is 0 Å². The number of carbonyl (C=O) groups is 2. The Hall–Kier alpha value is -3.31. The topological polar surface area (TPSA) is 114 Å². The first-order chi connectivity index (χ1) is 15.7. The van der Waals surface area contributed by atoms with Crippen LogP contribution >= 0.6 is 15.9 Å². The first-order valence-electron chi connectivity index (χ1n) is 9.80. The van der Waals surface area contributed by atoms with Crippen molar-refractivity contribution in [3.05, 3.63) is 76.3 Å². The molecule has 2 heterocycles. The van der Waals surface area contributed by atoms with Gasteiger partial charge in [-0.05, 0) is 70.7 Å². The Bertz CT molecular complexity index is 1350. The molecule has 0 fully saturated rings. The monoisotopic (exact) mass is 533 g/mol. The Morgan fingerprint density at radius 3 is 2.67 bits per heavy atom. The number of pyridine rings is 1. The normalized spacial score (nSPS) is 13.5. The molecular weight excluding hydrogens is 517 g/mol. The molecule has 170 valence electrons. The van der Waals surface area contributed by atoms with Crippen molar-refractivity contribution in [1.82, 2.24) is 9.71 Å². The number of anilines is 1. The molecule has 11 heteroatoms. The second kappa shape index (κ2) is 9.28. The number of nitrogens with one attached hydrogen (secondary N) is 2. The van der Waals surface area contributed by atoms with E-state index in [1.54, 1.807) is 12.1 Å². The average molecular weight is 534 g/mol. The molecule has 2 aromatic carbocycles. The van der Waals surface area contributed by atoms with Crippen LogP contribution in [0.4, 0.5) is 10.1 Å². The van der Waals surface area contributed by atoms with Crippen molar-refractivity contribution in [3.63, 3.8) is 0 Å². The number of ether oxygens (including phenoxy) is 1. The second-order valence-corrected chi connectivity index (χ2v) is 9.72. The number of halogens is 2. The lowest BCUT2D eigenvalue weighted by molar-refractivity contribution is -0.116. The molecule has 4 rings (SSSR count).